The van der Waals surface area contributed by atoms with Crippen molar-refractivity contribution in [3.8, 4) is 0 Å². The molecule has 1 heterocycles. The molecule has 0 saturated carbocycles. The third kappa shape index (κ3) is 3.66. The zero-order valence-electron chi connectivity index (χ0n) is 11.7. The van der Waals surface area contributed by atoms with E-state index in [-0.39, 0.29) is 11.4 Å². The number of halogens is 3. The maximum absolute atomic E-state index is 12.4. The summed E-state index contributed by atoms with van der Waals surface area (Å²) in [6.07, 6.45) is -3.55. The largest absolute Gasteiger partial charge is 0.416 e. The van der Waals surface area contributed by atoms with E-state index in [1.807, 2.05) is 6.92 Å². The van der Waals surface area contributed by atoms with Gasteiger partial charge in [-0.05, 0) is 42.6 Å². The average molecular weight is 301 g/mol. The molecule has 3 N–H and O–H groups in total. The van der Waals surface area contributed by atoms with Gasteiger partial charge in [-0.25, -0.2) is 4.79 Å². The number of nitrogens with two attached hydrogens (primary N) is 1. The van der Waals surface area contributed by atoms with Crippen molar-refractivity contribution in [1.29, 1.82) is 0 Å². The summed E-state index contributed by atoms with van der Waals surface area (Å²) in [5.74, 6) is 0. The van der Waals surface area contributed by atoms with Crippen LogP contribution >= 0.6 is 0 Å². The van der Waals surface area contributed by atoms with Crippen LogP contribution in [0, 0.1) is 5.41 Å². The molecule has 1 fully saturated rings. The summed E-state index contributed by atoms with van der Waals surface area (Å²) in [5, 5.41) is 2.60. The number of nitrogens with zero attached hydrogens (tertiary/aromatic N) is 1. The maximum Gasteiger partial charge on any atom is 0.416 e. The standard InChI is InChI=1S/C14H18F3N3O/c1-13(8-18)6-7-20(9-13)12(21)19-11-4-2-10(3-5-11)14(15,16)17/h2-5H,6-9,18H2,1H3,(H,19,21). The lowest BCUT2D eigenvalue weighted by atomic mass is 9.90. The number of hydrogen-bond donors (Lipinski definition) is 2. The van der Waals surface area contributed by atoms with Gasteiger partial charge in [-0.2, -0.15) is 13.2 Å². The smallest absolute Gasteiger partial charge is 0.330 e. The number of nitrogens with one attached hydrogen (secondary N) is 1. The molecule has 0 aromatic heterocycles. The van der Waals surface area contributed by atoms with Crippen molar-refractivity contribution in [2.24, 2.45) is 11.1 Å². The lowest BCUT2D eigenvalue weighted by Gasteiger charge is -2.22. The van der Waals surface area contributed by atoms with Gasteiger partial charge in [-0.3, -0.25) is 0 Å². The molecule has 1 aromatic carbocycles. The molecular formula is C14H18F3N3O. The zero-order chi connectivity index (χ0) is 15.7. The number of benzene rings is 1. The Hall–Kier alpha value is -1.76. The van der Waals surface area contributed by atoms with E-state index in [4.69, 9.17) is 5.73 Å². The molecule has 0 spiro atoms. The Kier molecular flexibility index (Phi) is 4.13. The van der Waals surface area contributed by atoms with Crippen LogP contribution in [0.15, 0.2) is 24.3 Å². The van der Waals surface area contributed by atoms with E-state index >= 15 is 0 Å². The first-order valence-corrected chi connectivity index (χ1v) is 6.67. The molecule has 21 heavy (non-hydrogen) atoms. The van der Waals surface area contributed by atoms with Crippen molar-refractivity contribution in [2.75, 3.05) is 25.0 Å². The van der Waals surface area contributed by atoms with Gasteiger partial charge in [0.1, 0.15) is 0 Å². The second-order valence-electron chi connectivity index (χ2n) is 5.69. The monoisotopic (exact) mass is 301 g/mol. The first-order valence-electron chi connectivity index (χ1n) is 6.67. The summed E-state index contributed by atoms with van der Waals surface area (Å²) in [4.78, 5) is 13.7. The van der Waals surface area contributed by atoms with E-state index in [1.54, 1.807) is 4.90 Å². The molecule has 0 radical (unpaired) electrons. The molecule has 2 rings (SSSR count). The van der Waals surface area contributed by atoms with Gasteiger partial charge in [0.05, 0.1) is 5.56 Å². The first kappa shape index (κ1) is 15.6. The van der Waals surface area contributed by atoms with Crippen molar-refractivity contribution in [3.63, 3.8) is 0 Å². The van der Waals surface area contributed by atoms with Gasteiger partial charge >= 0.3 is 12.2 Å². The highest BCUT2D eigenvalue weighted by Gasteiger charge is 2.35. The highest BCUT2D eigenvalue weighted by Crippen LogP contribution is 2.31. The quantitative estimate of drug-likeness (QED) is 0.882. The third-order valence-corrected chi connectivity index (χ3v) is 3.80. The number of hydrogen-bond acceptors (Lipinski definition) is 2. The van der Waals surface area contributed by atoms with Crippen LogP contribution in [0.25, 0.3) is 0 Å². The fourth-order valence-electron chi connectivity index (χ4n) is 2.31. The SMILES string of the molecule is CC1(CN)CCN(C(=O)Nc2ccc(C(F)(F)F)cc2)C1. The van der Waals surface area contributed by atoms with Crippen molar-refractivity contribution in [1.82, 2.24) is 4.90 Å². The summed E-state index contributed by atoms with van der Waals surface area (Å²) in [5.41, 5.74) is 5.19. The Morgan fingerprint density at radius 2 is 2.00 bits per heavy atom. The second kappa shape index (κ2) is 5.55. The Labute approximate surface area is 121 Å². The Balaban J connectivity index is 1.98. The summed E-state index contributed by atoms with van der Waals surface area (Å²) in [6.45, 7) is 3.66. The zero-order valence-corrected chi connectivity index (χ0v) is 11.7. The molecule has 1 unspecified atom stereocenters. The minimum absolute atomic E-state index is 0.0858. The fraction of sp³-hybridized carbons (Fsp3) is 0.500. The normalized spacial score (nSPS) is 22.4. The summed E-state index contributed by atoms with van der Waals surface area (Å²) >= 11 is 0. The van der Waals surface area contributed by atoms with Crippen LogP contribution in [0.4, 0.5) is 23.7 Å². The van der Waals surface area contributed by atoms with Crippen LogP contribution in [0.3, 0.4) is 0 Å². The van der Waals surface area contributed by atoms with Crippen LogP contribution in [-0.2, 0) is 6.18 Å². The number of anilines is 1. The predicted molar refractivity (Wildman–Crippen MR) is 73.8 cm³/mol. The van der Waals surface area contributed by atoms with Gasteiger partial charge in [-0.15, -0.1) is 0 Å². The molecule has 1 aromatic rings. The van der Waals surface area contributed by atoms with Crippen molar-refractivity contribution in [3.05, 3.63) is 29.8 Å². The first-order chi connectivity index (χ1) is 9.73. The number of carbonyl (C=O) groups excluding carboxylic acids is 1. The molecule has 1 saturated heterocycles. The van der Waals surface area contributed by atoms with Crippen LogP contribution in [-0.4, -0.2) is 30.6 Å². The number of alkyl halides is 3. The molecule has 1 atom stereocenters. The van der Waals surface area contributed by atoms with Crippen LogP contribution in [0.5, 0.6) is 0 Å². The maximum atomic E-state index is 12.4. The second-order valence-corrected chi connectivity index (χ2v) is 5.69. The van der Waals surface area contributed by atoms with Gasteiger partial charge < -0.3 is 16.0 Å². The molecule has 1 aliphatic heterocycles. The number of urea groups is 1. The number of likely N-dealkylation sites (tertiary alicyclic amines) is 1. The van der Waals surface area contributed by atoms with Gasteiger partial charge in [-0.1, -0.05) is 6.92 Å². The molecule has 0 aliphatic carbocycles. The minimum atomic E-state index is -4.37. The Morgan fingerprint density at radius 1 is 1.38 bits per heavy atom. The molecule has 116 valence electrons. The molecule has 2 amide bonds. The highest BCUT2D eigenvalue weighted by molar-refractivity contribution is 5.89. The van der Waals surface area contributed by atoms with Gasteiger partial charge in [0.25, 0.3) is 0 Å². The highest BCUT2D eigenvalue weighted by atomic mass is 19.4. The minimum Gasteiger partial charge on any atom is -0.330 e. The van der Waals surface area contributed by atoms with Crippen LogP contribution in [0.1, 0.15) is 18.9 Å². The van der Waals surface area contributed by atoms with Gasteiger partial charge in [0.15, 0.2) is 0 Å². The van der Waals surface area contributed by atoms with Gasteiger partial charge in [0.2, 0.25) is 0 Å². The molecule has 7 heteroatoms. The summed E-state index contributed by atoms with van der Waals surface area (Å²) < 4.78 is 37.3. The molecule has 0 bridgehead atoms. The topological polar surface area (TPSA) is 58.4 Å². The average Bonchev–Trinajstić information content (AvgIpc) is 2.82. The Morgan fingerprint density at radius 3 is 2.48 bits per heavy atom. The van der Waals surface area contributed by atoms with E-state index in [9.17, 15) is 18.0 Å². The van der Waals surface area contributed by atoms with E-state index in [0.717, 1.165) is 18.6 Å². The van der Waals surface area contributed by atoms with Crippen LogP contribution < -0.4 is 11.1 Å². The number of amides is 2. The van der Waals surface area contributed by atoms with E-state index in [1.165, 1.54) is 12.1 Å². The predicted octanol–water partition coefficient (Wildman–Crippen LogP) is 2.91. The fourth-order valence-corrected chi connectivity index (χ4v) is 2.31. The lowest BCUT2D eigenvalue weighted by Crippen LogP contribution is -2.36. The van der Waals surface area contributed by atoms with E-state index in [0.29, 0.717) is 25.3 Å². The molecule has 1 aliphatic rings. The van der Waals surface area contributed by atoms with Crippen molar-refractivity contribution >= 4 is 11.7 Å². The number of carbonyl (C=O) groups is 1. The lowest BCUT2D eigenvalue weighted by molar-refractivity contribution is -0.137. The summed E-state index contributed by atoms with van der Waals surface area (Å²) in [6, 6.07) is 4.08. The molecular weight excluding hydrogens is 283 g/mol. The summed E-state index contributed by atoms with van der Waals surface area (Å²) in [7, 11) is 0. The van der Waals surface area contributed by atoms with Gasteiger partial charge in [0, 0.05) is 18.8 Å². The van der Waals surface area contributed by atoms with Crippen molar-refractivity contribution in [2.45, 2.75) is 19.5 Å². The van der Waals surface area contributed by atoms with Crippen LogP contribution in [0.2, 0.25) is 0 Å². The number of rotatable bonds is 2. The third-order valence-electron chi connectivity index (χ3n) is 3.80. The van der Waals surface area contributed by atoms with E-state index < -0.39 is 11.7 Å². The molecule has 4 nitrogen and oxygen atoms in total. The Bertz CT molecular complexity index is 515. The van der Waals surface area contributed by atoms with Crippen molar-refractivity contribution < 1.29 is 18.0 Å². The van der Waals surface area contributed by atoms with E-state index in [2.05, 4.69) is 5.32 Å².